The lowest BCUT2D eigenvalue weighted by Gasteiger charge is -2.49. The Balaban J connectivity index is 2.19. The Morgan fingerprint density at radius 3 is 2.12 bits per heavy atom. The van der Waals surface area contributed by atoms with Crippen molar-refractivity contribution in [1.82, 2.24) is 0 Å². The van der Waals surface area contributed by atoms with Crippen molar-refractivity contribution in [1.29, 1.82) is 0 Å². The van der Waals surface area contributed by atoms with Crippen LogP contribution in [0.4, 0.5) is 0 Å². The van der Waals surface area contributed by atoms with E-state index >= 15 is 0 Å². The van der Waals surface area contributed by atoms with Gasteiger partial charge in [0.25, 0.3) is 0 Å². The second-order valence-electron chi connectivity index (χ2n) is 17.8. The summed E-state index contributed by atoms with van der Waals surface area (Å²) in [6, 6.07) is 0. The van der Waals surface area contributed by atoms with E-state index in [1.54, 1.807) is 20.8 Å². The Hall–Kier alpha value is -1.85. The molecule has 0 aromatic carbocycles. The maximum Gasteiger partial charge on any atom is 0.311 e. The second kappa shape index (κ2) is 17.1. The van der Waals surface area contributed by atoms with Gasteiger partial charge in [-0.05, 0) is 81.3 Å². The molecular formula is C41H70O10. The first-order chi connectivity index (χ1) is 23.4. The van der Waals surface area contributed by atoms with Gasteiger partial charge in [0.1, 0.15) is 12.7 Å². The molecule has 0 aromatic rings. The van der Waals surface area contributed by atoms with E-state index in [1.165, 1.54) is 13.0 Å². The predicted molar refractivity (Wildman–Crippen MR) is 195 cm³/mol. The largest absolute Gasteiger partial charge is 0.462 e. The van der Waals surface area contributed by atoms with E-state index in [1.807, 2.05) is 13.8 Å². The minimum absolute atomic E-state index is 0.0189. The molecule has 3 heterocycles. The topological polar surface area (TPSA) is 127 Å². The van der Waals surface area contributed by atoms with Gasteiger partial charge >= 0.3 is 11.9 Å². The highest BCUT2D eigenvalue weighted by Gasteiger charge is 2.50. The standard InChI is InChI=1S/C41H70O10/c1-16-32-41(45,21-46-31(11)42)19-24(4)34(43)23(3)18-40(14,15)36(51-38-26(6)22(2)17-25(5)47-38)27(7)35(28(8)37(44)49-32)50-33-20-39(12,13)29(9)30(10)48-33/h19,22-23,25-30,32-33,35-36,38,45H,16-18,20-21H2,1-15H3/b24-19+/t22-,23+,25+,26+,27-,28+,29-,30-,32+,33?,35-,36+,38?,41+/m0/s1. The van der Waals surface area contributed by atoms with Crippen molar-refractivity contribution in [2.24, 2.45) is 46.3 Å². The SMILES string of the molecule is CC[C@H]1OC(=O)[C@H](C)[C@@H](OC2CC(C)(C)[C@@H](C)[C@H](C)O2)[C@H](C)[C@@H](OC2O[C@H](C)C[C@H](C)[C@H]2C)C(C)(C)C[C@@H](C)C(=O)/C(C)=C/[C@@]1(O)COC(C)=O. The summed E-state index contributed by atoms with van der Waals surface area (Å²) in [4.78, 5) is 40.2. The van der Waals surface area contributed by atoms with Crippen LogP contribution in [-0.2, 0) is 42.8 Å². The lowest BCUT2D eigenvalue weighted by atomic mass is 9.70. The normalized spacial score (nSPS) is 43.7. The third kappa shape index (κ3) is 10.4. The third-order valence-corrected chi connectivity index (χ3v) is 12.4. The molecule has 3 rings (SSSR count). The molecule has 2 unspecified atom stereocenters. The molecule has 294 valence electrons. The van der Waals surface area contributed by atoms with E-state index in [-0.39, 0.29) is 35.7 Å². The van der Waals surface area contributed by atoms with Gasteiger partial charge in [-0.25, -0.2) is 0 Å². The van der Waals surface area contributed by atoms with Gasteiger partial charge in [-0.15, -0.1) is 0 Å². The number of carbonyl (C=O) groups is 3. The molecule has 3 aliphatic heterocycles. The fourth-order valence-electron chi connectivity index (χ4n) is 8.71. The molecular weight excluding hydrogens is 652 g/mol. The van der Waals surface area contributed by atoms with Crippen LogP contribution in [0.25, 0.3) is 0 Å². The van der Waals surface area contributed by atoms with Crippen LogP contribution in [0.15, 0.2) is 11.6 Å². The maximum atomic E-state index is 14.3. The average molecular weight is 723 g/mol. The summed E-state index contributed by atoms with van der Waals surface area (Å²) < 4.78 is 38.3. The lowest BCUT2D eigenvalue weighted by Crippen LogP contribution is -2.54. The zero-order chi connectivity index (χ0) is 38.8. The molecule has 14 atom stereocenters. The minimum Gasteiger partial charge on any atom is -0.462 e. The zero-order valence-corrected chi connectivity index (χ0v) is 34.2. The number of ether oxygens (including phenoxy) is 6. The van der Waals surface area contributed by atoms with Gasteiger partial charge in [-0.3, -0.25) is 14.4 Å². The quantitative estimate of drug-likeness (QED) is 0.265. The molecule has 0 aromatic heterocycles. The summed E-state index contributed by atoms with van der Waals surface area (Å²) in [6.07, 6.45) is 0.135. The number of Topliss-reactive ketones (excluding diaryl/α,β-unsaturated/α-hetero) is 1. The van der Waals surface area contributed by atoms with Crippen LogP contribution >= 0.6 is 0 Å². The summed E-state index contributed by atoms with van der Waals surface area (Å²) in [5.41, 5.74) is -2.33. The molecule has 0 bridgehead atoms. The number of rotatable bonds is 7. The Morgan fingerprint density at radius 1 is 0.922 bits per heavy atom. The summed E-state index contributed by atoms with van der Waals surface area (Å²) in [5.74, 6) is -2.23. The molecule has 0 spiro atoms. The first kappa shape index (κ1) is 43.6. The summed E-state index contributed by atoms with van der Waals surface area (Å²) in [5, 5.41) is 12.0. The first-order valence-corrected chi connectivity index (χ1v) is 19.4. The van der Waals surface area contributed by atoms with Crippen LogP contribution in [0.2, 0.25) is 0 Å². The van der Waals surface area contributed by atoms with Gasteiger partial charge < -0.3 is 33.5 Å². The molecule has 10 nitrogen and oxygen atoms in total. The maximum absolute atomic E-state index is 14.3. The van der Waals surface area contributed by atoms with Crippen molar-refractivity contribution in [2.75, 3.05) is 6.61 Å². The molecule has 0 amide bonds. The van der Waals surface area contributed by atoms with Crippen LogP contribution in [0.5, 0.6) is 0 Å². The molecule has 3 aliphatic rings. The van der Waals surface area contributed by atoms with Gasteiger partial charge in [0.2, 0.25) is 0 Å². The number of aliphatic hydroxyl groups is 1. The number of esters is 2. The van der Waals surface area contributed by atoms with E-state index < -0.39 is 78.2 Å². The highest BCUT2D eigenvalue weighted by molar-refractivity contribution is 5.96. The monoisotopic (exact) mass is 722 g/mol. The number of hydrogen-bond donors (Lipinski definition) is 1. The van der Waals surface area contributed by atoms with E-state index in [0.29, 0.717) is 30.3 Å². The van der Waals surface area contributed by atoms with E-state index in [0.717, 1.165) is 6.42 Å². The van der Waals surface area contributed by atoms with Crippen LogP contribution in [0, 0.1) is 46.3 Å². The van der Waals surface area contributed by atoms with Crippen molar-refractivity contribution >= 4 is 17.7 Å². The van der Waals surface area contributed by atoms with Crippen molar-refractivity contribution in [3.8, 4) is 0 Å². The number of carbonyl (C=O) groups excluding carboxylic acids is 3. The fraction of sp³-hybridized carbons (Fsp3) is 0.878. The van der Waals surface area contributed by atoms with Gasteiger partial charge in [-0.1, -0.05) is 69.2 Å². The third-order valence-electron chi connectivity index (χ3n) is 12.4. The predicted octanol–water partition coefficient (Wildman–Crippen LogP) is 7.43. The average Bonchev–Trinajstić information content (AvgIpc) is 3.02. The minimum atomic E-state index is -1.94. The number of ketones is 1. The van der Waals surface area contributed by atoms with Crippen molar-refractivity contribution < 1.29 is 47.9 Å². The summed E-state index contributed by atoms with van der Waals surface area (Å²) >= 11 is 0. The van der Waals surface area contributed by atoms with Gasteiger partial charge in [0, 0.05) is 31.1 Å². The van der Waals surface area contributed by atoms with Gasteiger partial charge in [-0.2, -0.15) is 0 Å². The van der Waals surface area contributed by atoms with Crippen LogP contribution in [-0.4, -0.2) is 78.1 Å². The van der Waals surface area contributed by atoms with E-state index in [2.05, 4.69) is 62.3 Å². The Morgan fingerprint density at radius 2 is 1.55 bits per heavy atom. The van der Waals surface area contributed by atoms with Crippen LogP contribution in [0.1, 0.15) is 130 Å². The second-order valence-corrected chi connectivity index (χ2v) is 17.8. The molecule has 2 saturated heterocycles. The van der Waals surface area contributed by atoms with Crippen molar-refractivity contribution in [3.05, 3.63) is 11.6 Å². The van der Waals surface area contributed by atoms with E-state index in [4.69, 9.17) is 28.4 Å². The Kier molecular flexibility index (Phi) is 14.6. The van der Waals surface area contributed by atoms with Crippen LogP contribution < -0.4 is 0 Å². The smallest absolute Gasteiger partial charge is 0.311 e. The van der Waals surface area contributed by atoms with Gasteiger partial charge in [0.05, 0.1) is 30.3 Å². The molecule has 0 aliphatic carbocycles. The highest BCUT2D eigenvalue weighted by Crippen LogP contribution is 2.45. The number of hydrogen-bond acceptors (Lipinski definition) is 10. The molecule has 51 heavy (non-hydrogen) atoms. The van der Waals surface area contributed by atoms with Crippen LogP contribution in [0.3, 0.4) is 0 Å². The first-order valence-electron chi connectivity index (χ1n) is 19.4. The highest BCUT2D eigenvalue weighted by atomic mass is 16.7. The fourth-order valence-corrected chi connectivity index (χ4v) is 8.71. The lowest BCUT2D eigenvalue weighted by molar-refractivity contribution is -0.293. The Bertz CT molecular complexity index is 1240. The molecule has 2 fully saturated rings. The molecule has 10 heteroatoms. The number of allylic oxidation sites excluding steroid dienone is 1. The molecule has 0 radical (unpaired) electrons. The van der Waals surface area contributed by atoms with Gasteiger partial charge in [0.15, 0.2) is 24.0 Å². The summed E-state index contributed by atoms with van der Waals surface area (Å²) in [7, 11) is 0. The van der Waals surface area contributed by atoms with Crippen molar-refractivity contribution in [2.45, 2.75) is 178 Å². The molecule has 1 N–H and O–H groups in total. The van der Waals surface area contributed by atoms with Crippen molar-refractivity contribution in [3.63, 3.8) is 0 Å². The summed E-state index contributed by atoms with van der Waals surface area (Å²) in [6.45, 7) is 29.2. The Labute approximate surface area is 308 Å². The number of cyclic esters (lactones) is 1. The zero-order valence-electron chi connectivity index (χ0n) is 34.2. The van der Waals surface area contributed by atoms with E-state index in [9.17, 15) is 19.5 Å². The molecule has 0 saturated carbocycles.